The predicted octanol–water partition coefficient (Wildman–Crippen LogP) is 4.09. The lowest BCUT2D eigenvalue weighted by atomic mass is 10.0. The average Bonchev–Trinajstić information content (AvgIpc) is 3.05. The van der Waals surface area contributed by atoms with Gasteiger partial charge in [0, 0.05) is 23.5 Å². The standard InChI is InChI=1S/C17H28N2O2S/c1-12(15-9-6-10-22-15)19-14-8-5-7-13(14)11-18-16(20)21-17(2,3)4/h6,9-10,12-14,19H,5,7-8,11H2,1-4H3,(H,18,20). The van der Waals surface area contributed by atoms with E-state index in [1.165, 1.54) is 17.7 Å². The van der Waals surface area contributed by atoms with Crippen molar-refractivity contribution in [3.8, 4) is 0 Å². The van der Waals surface area contributed by atoms with Crippen LogP contribution in [0.5, 0.6) is 0 Å². The molecule has 1 heterocycles. The van der Waals surface area contributed by atoms with Gasteiger partial charge in [0.1, 0.15) is 5.60 Å². The van der Waals surface area contributed by atoms with Crippen molar-refractivity contribution in [2.45, 2.75) is 64.6 Å². The summed E-state index contributed by atoms with van der Waals surface area (Å²) < 4.78 is 5.30. The third-order valence-corrected chi connectivity index (χ3v) is 5.06. The molecule has 1 aliphatic carbocycles. The molecule has 3 atom stereocenters. The van der Waals surface area contributed by atoms with Crippen molar-refractivity contribution in [2.75, 3.05) is 6.54 Å². The third-order valence-electron chi connectivity index (χ3n) is 4.00. The van der Waals surface area contributed by atoms with E-state index in [1.807, 2.05) is 20.8 Å². The lowest BCUT2D eigenvalue weighted by Gasteiger charge is -2.26. The number of carbonyl (C=O) groups is 1. The van der Waals surface area contributed by atoms with E-state index in [4.69, 9.17) is 4.74 Å². The summed E-state index contributed by atoms with van der Waals surface area (Å²) in [5.74, 6) is 0.481. The van der Waals surface area contributed by atoms with Gasteiger partial charge in [-0.05, 0) is 57.9 Å². The molecule has 5 heteroatoms. The van der Waals surface area contributed by atoms with Crippen LogP contribution in [0.15, 0.2) is 17.5 Å². The van der Waals surface area contributed by atoms with Crippen molar-refractivity contribution in [3.05, 3.63) is 22.4 Å². The van der Waals surface area contributed by atoms with Crippen molar-refractivity contribution in [3.63, 3.8) is 0 Å². The summed E-state index contributed by atoms with van der Waals surface area (Å²) in [7, 11) is 0. The van der Waals surface area contributed by atoms with Gasteiger partial charge in [-0.3, -0.25) is 0 Å². The van der Waals surface area contributed by atoms with E-state index in [0.717, 1.165) is 6.42 Å². The molecule has 1 saturated carbocycles. The Morgan fingerprint density at radius 3 is 2.86 bits per heavy atom. The summed E-state index contributed by atoms with van der Waals surface area (Å²) >= 11 is 1.79. The Bertz CT molecular complexity index is 468. The van der Waals surface area contributed by atoms with E-state index in [2.05, 4.69) is 35.1 Å². The summed E-state index contributed by atoms with van der Waals surface area (Å²) in [4.78, 5) is 13.1. The topological polar surface area (TPSA) is 50.4 Å². The van der Waals surface area contributed by atoms with E-state index in [9.17, 15) is 4.79 Å². The number of hydrogen-bond acceptors (Lipinski definition) is 4. The highest BCUT2D eigenvalue weighted by molar-refractivity contribution is 7.10. The normalized spacial score (nSPS) is 23.3. The third kappa shape index (κ3) is 5.29. The minimum absolute atomic E-state index is 0.315. The lowest BCUT2D eigenvalue weighted by Crippen LogP contribution is -2.41. The maximum Gasteiger partial charge on any atom is 0.407 e. The molecule has 2 rings (SSSR count). The fourth-order valence-electron chi connectivity index (χ4n) is 2.97. The molecule has 1 aromatic rings. The van der Waals surface area contributed by atoms with Crippen LogP contribution in [0, 0.1) is 5.92 Å². The Morgan fingerprint density at radius 1 is 1.45 bits per heavy atom. The first-order chi connectivity index (χ1) is 10.3. The van der Waals surface area contributed by atoms with Gasteiger partial charge in [0.05, 0.1) is 0 Å². The molecule has 0 radical (unpaired) electrons. The zero-order valence-electron chi connectivity index (χ0n) is 14.0. The molecule has 0 saturated heterocycles. The lowest BCUT2D eigenvalue weighted by molar-refractivity contribution is 0.0517. The van der Waals surface area contributed by atoms with Gasteiger partial charge in [0.25, 0.3) is 0 Å². The Hall–Kier alpha value is -1.07. The largest absolute Gasteiger partial charge is 0.444 e. The molecule has 3 unspecified atom stereocenters. The second-order valence-electron chi connectivity index (χ2n) is 7.08. The van der Waals surface area contributed by atoms with Crippen molar-refractivity contribution in [1.29, 1.82) is 0 Å². The molecule has 1 aliphatic rings. The van der Waals surface area contributed by atoms with Gasteiger partial charge in [0.15, 0.2) is 0 Å². The number of carbonyl (C=O) groups excluding carboxylic acids is 1. The van der Waals surface area contributed by atoms with Crippen LogP contribution in [0.1, 0.15) is 57.9 Å². The molecule has 22 heavy (non-hydrogen) atoms. The highest BCUT2D eigenvalue weighted by Gasteiger charge is 2.29. The molecular weight excluding hydrogens is 296 g/mol. The Labute approximate surface area is 137 Å². The van der Waals surface area contributed by atoms with Gasteiger partial charge in [-0.25, -0.2) is 4.79 Å². The number of amides is 1. The van der Waals surface area contributed by atoms with Crippen molar-refractivity contribution in [1.82, 2.24) is 10.6 Å². The Balaban J connectivity index is 1.79. The highest BCUT2D eigenvalue weighted by Crippen LogP contribution is 2.28. The molecule has 0 bridgehead atoms. The molecule has 4 nitrogen and oxygen atoms in total. The highest BCUT2D eigenvalue weighted by atomic mass is 32.1. The van der Waals surface area contributed by atoms with E-state index in [-0.39, 0.29) is 6.09 Å². The second kappa shape index (κ2) is 7.47. The maximum atomic E-state index is 11.8. The smallest absolute Gasteiger partial charge is 0.407 e. The van der Waals surface area contributed by atoms with Crippen LogP contribution in [0.4, 0.5) is 4.79 Å². The first kappa shape index (κ1) is 17.3. The predicted molar refractivity (Wildman–Crippen MR) is 91.2 cm³/mol. The van der Waals surface area contributed by atoms with Crippen LogP contribution < -0.4 is 10.6 Å². The van der Waals surface area contributed by atoms with Gasteiger partial charge >= 0.3 is 6.09 Å². The zero-order chi connectivity index (χ0) is 16.2. The number of rotatable bonds is 5. The van der Waals surface area contributed by atoms with E-state index >= 15 is 0 Å². The van der Waals surface area contributed by atoms with Gasteiger partial charge < -0.3 is 15.4 Å². The van der Waals surface area contributed by atoms with E-state index < -0.39 is 5.60 Å². The Kier molecular flexibility index (Phi) is 5.87. The molecule has 2 N–H and O–H groups in total. The number of thiophene rings is 1. The first-order valence-electron chi connectivity index (χ1n) is 8.11. The van der Waals surface area contributed by atoms with Gasteiger partial charge in [-0.15, -0.1) is 11.3 Å². The van der Waals surface area contributed by atoms with Gasteiger partial charge in [-0.2, -0.15) is 0 Å². The molecule has 1 aromatic heterocycles. The number of hydrogen-bond donors (Lipinski definition) is 2. The van der Waals surface area contributed by atoms with E-state index in [0.29, 0.717) is 24.5 Å². The number of alkyl carbamates (subject to hydrolysis) is 1. The molecule has 0 aromatic carbocycles. The van der Waals surface area contributed by atoms with Crippen LogP contribution in [0.3, 0.4) is 0 Å². The monoisotopic (exact) mass is 324 g/mol. The minimum atomic E-state index is -0.439. The molecular formula is C17H28N2O2S. The van der Waals surface area contributed by atoms with Crippen LogP contribution in [-0.4, -0.2) is 24.3 Å². The molecule has 1 amide bonds. The van der Waals surface area contributed by atoms with Crippen molar-refractivity contribution < 1.29 is 9.53 Å². The quantitative estimate of drug-likeness (QED) is 0.857. The van der Waals surface area contributed by atoms with Crippen LogP contribution in [-0.2, 0) is 4.74 Å². The zero-order valence-corrected chi connectivity index (χ0v) is 14.8. The summed E-state index contributed by atoms with van der Waals surface area (Å²) in [6, 6.07) is 5.10. The van der Waals surface area contributed by atoms with Crippen LogP contribution in [0.2, 0.25) is 0 Å². The fourth-order valence-corrected chi connectivity index (χ4v) is 3.71. The van der Waals surface area contributed by atoms with E-state index in [1.54, 1.807) is 11.3 Å². The van der Waals surface area contributed by atoms with Crippen molar-refractivity contribution in [2.24, 2.45) is 5.92 Å². The van der Waals surface area contributed by atoms with Crippen LogP contribution >= 0.6 is 11.3 Å². The summed E-state index contributed by atoms with van der Waals surface area (Å²) in [5.41, 5.74) is -0.439. The Morgan fingerprint density at radius 2 is 2.23 bits per heavy atom. The fraction of sp³-hybridized carbons (Fsp3) is 0.706. The summed E-state index contributed by atoms with van der Waals surface area (Å²) in [6.07, 6.45) is 3.24. The molecule has 0 spiro atoms. The van der Waals surface area contributed by atoms with Crippen LogP contribution in [0.25, 0.3) is 0 Å². The number of ether oxygens (including phenoxy) is 1. The SMILES string of the molecule is CC(NC1CCCC1CNC(=O)OC(C)(C)C)c1cccs1. The van der Waals surface area contributed by atoms with Gasteiger partial charge in [0.2, 0.25) is 0 Å². The number of nitrogens with one attached hydrogen (secondary N) is 2. The maximum absolute atomic E-state index is 11.8. The molecule has 1 fully saturated rings. The second-order valence-corrected chi connectivity index (χ2v) is 8.06. The molecule has 124 valence electrons. The van der Waals surface area contributed by atoms with Crippen molar-refractivity contribution >= 4 is 17.4 Å². The summed E-state index contributed by atoms with van der Waals surface area (Å²) in [6.45, 7) is 8.55. The molecule has 0 aliphatic heterocycles. The first-order valence-corrected chi connectivity index (χ1v) is 8.99. The minimum Gasteiger partial charge on any atom is -0.444 e. The average molecular weight is 324 g/mol. The summed E-state index contributed by atoms with van der Waals surface area (Å²) in [5, 5.41) is 8.76. The van der Waals surface area contributed by atoms with Gasteiger partial charge in [-0.1, -0.05) is 12.5 Å².